The molecule has 1 amide bonds. The van der Waals surface area contributed by atoms with Crippen LogP contribution in [-0.2, 0) is 22.4 Å². The Morgan fingerprint density at radius 3 is 2.67 bits per heavy atom. The van der Waals surface area contributed by atoms with Crippen LogP contribution in [0.3, 0.4) is 0 Å². The number of hydrogen-bond acceptors (Lipinski definition) is 4. The number of ether oxygens (including phenoxy) is 1. The molecule has 2 heterocycles. The third-order valence-corrected chi connectivity index (χ3v) is 5.03. The highest BCUT2D eigenvalue weighted by molar-refractivity contribution is 5.95. The molecule has 4 rings (SSSR count). The van der Waals surface area contributed by atoms with Gasteiger partial charge >= 0.3 is 5.97 Å². The second-order valence-electron chi connectivity index (χ2n) is 7.00. The molecule has 2 aliphatic rings. The Labute approximate surface area is 155 Å². The van der Waals surface area contributed by atoms with Crippen LogP contribution in [0.25, 0.3) is 5.69 Å². The van der Waals surface area contributed by atoms with Gasteiger partial charge in [-0.05, 0) is 50.5 Å². The Hall–Kier alpha value is -2.74. The van der Waals surface area contributed by atoms with Crippen molar-refractivity contribution in [2.45, 2.75) is 38.4 Å². The van der Waals surface area contributed by atoms with Crippen LogP contribution in [0.5, 0.6) is 0 Å². The topological polar surface area (TPSA) is 84.7 Å². The van der Waals surface area contributed by atoms with Crippen LogP contribution in [0, 0.1) is 5.82 Å². The van der Waals surface area contributed by atoms with E-state index in [0.29, 0.717) is 17.9 Å². The van der Waals surface area contributed by atoms with Crippen LogP contribution < -0.4 is 0 Å². The number of aliphatic carboxylic acids is 1. The monoisotopic (exact) mass is 373 g/mol. The Balaban J connectivity index is 1.68. The zero-order valence-corrected chi connectivity index (χ0v) is 14.9. The van der Waals surface area contributed by atoms with Gasteiger partial charge in [0.15, 0.2) is 11.8 Å². The Morgan fingerprint density at radius 1 is 1.22 bits per heavy atom. The van der Waals surface area contributed by atoms with Gasteiger partial charge in [-0.15, -0.1) is 0 Å². The SMILES string of the molecule is C[C@@H]1CN(C(=O)c2nn(-c3ccc(F)cc3)c3c2CCC3)CC(C(=O)O)O1. The van der Waals surface area contributed by atoms with Gasteiger partial charge in [0.25, 0.3) is 5.91 Å². The minimum Gasteiger partial charge on any atom is -0.479 e. The van der Waals surface area contributed by atoms with Crippen LogP contribution in [0.15, 0.2) is 24.3 Å². The number of morpholine rings is 1. The molecule has 0 radical (unpaired) electrons. The molecule has 1 aliphatic carbocycles. The first kappa shape index (κ1) is 17.7. The molecule has 8 heteroatoms. The summed E-state index contributed by atoms with van der Waals surface area (Å²) in [5.74, 6) is -1.70. The maximum Gasteiger partial charge on any atom is 0.334 e. The molecular formula is C19H20FN3O4. The first-order valence-corrected chi connectivity index (χ1v) is 8.98. The van der Waals surface area contributed by atoms with E-state index in [0.717, 1.165) is 30.5 Å². The number of fused-ring (bicyclic) bond motifs is 1. The number of carbonyl (C=O) groups excluding carboxylic acids is 1. The van der Waals surface area contributed by atoms with E-state index in [4.69, 9.17) is 4.74 Å². The highest BCUT2D eigenvalue weighted by Crippen LogP contribution is 2.29. The lowest BCUT2D eigenvalue weighted by atomic mass is 10.1. The molecule has 142 valence electrons. The predicted molar refractivity (Wildman–Crippen MR) is 93.4 cm³/mol. The van der Waals surface area contributed by atoms with Crippen molar-refractivity contribution in [3.05, 3.63) is 47.0 Å². The van der Waals surface area contributed by atoms with E-state index in [1.807, 2.05) is 0 Å². The van der Waals surface area contributed by atoms with Gasteiger partial charge in [0, 0.05) is 17.8 Å². The van der Waals surface area contributed by atoms with E-state index >= 15 is 0 Å². The van der Waals surface area contributed by atoms with E-state index in [2.05, 4.69) is 5.10 Å². The van der Waals surface area contributed by atoms with Crippen LogP contribution in [-0.4, -0.2) is 57.0 Å². The standard InChI is InChI=1S/C19H20FN3O4/c1-11-9-22(10-16(27-11)19(25)26)18(24)17-14-3-2-4-15(14)23(21-17)13-7-5-12(20)6-8-13/h5-8,11,16H,2-4,9-10H2,1H3,(H,25,26)/t11-,16?/m1/s1. The zero-order valence-electron chi connectivity index (χ0n) is 14.9. The number of nitrogens with zero attached hydrogens (tertiary/aromatic N) is 3. The Morgan fingerprint density at radius 2 is 1.96 bits per heavy atom. The molecule has 0 spiro atoms. The number of aromatic nitrogens is 2. The van der Waals surface area contributed by atoms with Gasteiger partial charge in [-0.2, -0.15) is 5.10 Å². The Bertz CT molecular complexity index is 893. The van der Waals surface area contributed by atoms with Gasteiger partial charge in [-0.25, -0.2) is 13.9 Å². The number of amides is 1. The third kappa shape index (κ3) is 3.21. The molecule has 0 bridgehead atoms. The fourth-order valence-electron chi connectivity index (χ4n) is 3.81. The molecule has 1 aromatic heterocycles. The lowest BCUT2D eigenvalue weighted by Crippen LogP contribution is -2.52. The quantitative estimate of drug-likeness (QED) is 0.887. The normalized spacial score (nSPS) is 21.9. The highest BCUT2D eigenvalue weighted by Gasteiger charge is 2.36. The summed E-state index contributed by atoms with van der Waals surface area (Å²) in [6.45, 7) is 2.06. The summed E-state index contributed by atoms with van der Waals surface area (Å²) < 4.78 is 20.3. The first-order valence-electron chi connectivity index (χ1n) is 8.98. The molecule has 1 aliphatic heterocycles. The summed E-state index contributed by atoms with van der Waals surface area (Å²) in [6, 6.07) is 5.99. The van der Waals surface area contributed by atoms with Crippen LogP contribution >= 0.6 is 0 Å². The zero-order chi connectivity index (χ0) is 19.1. The fourth-order valence-corrected chi connectivity index (χ4v) is 3.81. The number of carboxylic acids is 1. The van der Waals surface area contributed by atoms with Crippen molar-refractivity contribution in [2.24, 2.45) is 0 Å². The summed E-state index contributed by atoms with van der Waals surface area (Å²) in [4.78, 5) is 25.9. The van der Waals surface area contributed by atoms with Gasteiger partial charge in [0.2, 0.25) is 0 Å². The van der Waals surface area contributed by atoms with E-state index in [1.165, 1.54) is 17.0 Å². The summed E-state index contributed by atoms with van der Waals surface area (Å²) >= 11 is 0. The average Bonchev–Trinajstić information content (AvgIpc) is 3.24. The van der Waals surface area contributed by atoms with Gasteiger partial charge in [-0.1, -0.05) is 0 Å². The maximum atomic E-state index is 13.2. The molecule has 1 aromatic carbocycles. The first-order chi connectivity index (χ1) is 12.9. The van der Waals surface area contributed by atoms with Crippen molar-refractivity contribution < 1.29 is 23.8 Å². The number of hydrogen-bond donors (Lipinski definition) is 1. The molecule has 2 atom stereocenters. The summed E-state index contributed by atoms with van der Waals surface area (Å²) in [7, 11) is 0. The molecule has 0 saturated carbocycles. The largest absolute Gasteiger partial charge is 0.479 e. The number of rotatable bonds is 3. The molecule has 7 nitrogen and oxygen atoms in total. The summed E-state index contributed by atoms with van der Waals surface area (Å²) in [5.41, 5.74) is 2.91. The second kappa shape index (κ2) is 6.77. The second-order valence-corrected chi connectivity index (χ2v) is 7.00. The van der Waals surface area contributed by atoms with Crippen molar-refractivity contribution >= 4 is 11.9 Å². The van der Waals surface area contributed by atoms with Gasteiger partial charge in [0.1, 0.15) is 5.82 Å². The van der Waals surface area contributed by atoms with Gasteiger partial charge < -0.3 is 14.7 Å². The molecule has 2 aromatic rings. The molecule has 1 unspecified atom stereocenters. The van der Waals surface area contributed by atoms with E-state index < -0.39 is 12.1 Å². The summed E-state index contributed by atoms with van der Waals surface area (Å²) in [6.07, 6.45) is 1.07. The van der Waals surface area contributed by atoms with Crippen LogP contribution in [0.2, 0.25) is 0 Å². The molecule has 1 saturated heterocycles. The molecule has 1 fully saturated rings. The van der Waals surface area contributed by atoms with Crippen molar-refractivity contribution in [3.63, 3.8) is 0 Å². The van der Waals surface area contributed by atoms with Crippen molar-refractivity contribution in [2.75, 3.05) is 13.1 Å². The smallest absolute Gasteiger partial charge is 0.334 e. The van der Waals surface area contributed by atoms with E-state index in [9.17, 15) is 19.1 Å². The number of carboxylic acid groups (broad SMARTS) is 1. The van der Waals surface area contributed by atoms with E-state index in [-0.39, 0.29) is 24.4 Å². The predicted octanol–water partition coefficient (Wildman–Crippen LogP) is 1.81. The average molecular weight is 373 g/mol. The maximum absolute atomic E-state index is 13.2. The van der Waals surface area contributed by atoms with Gasteiger partial charge in [0.05, 0.1) is 18.3 Å². The van der Waals surface area contributed by atoms with Crippen LogP contribution in [0.1, 0.15) is 35.1 Å². The van der Waals surface area contributed by atoms with Crippen molar-refractivity contribution in [1.29, 1.82) is 0 Å². The molecule has 27 heavy (non-hydrogen) atoms. The van der Waals surface area contributed by atoms with Crippen molar-refractivity contribution in [1.82, 2.24) is 14.7 Å². The molecule has 1 N–H and O–H groups in total. The third-order valence-electron chi connectivity index (χ3n) is 5.03. The number of halogens is 1. The van der Waals surface area contributed by atoms with Gasteiger partial charge in [-0.3, -0.25) is 4.79 Å². The number of benzene rings is 1. The lowest BCUT2D eigenvalue weighted by Gasteiger charge is -2.34. The van der Waals surface area contributed by atoms with E-state index in [1.54, 1.807) is 23.7 Å². The fraction of sp³-hybridized carbons (Fsp3) is 0.421. The lowest BCUT2D eigenvalue weighted by molar-refractivity contribution is -0.160. The van der Waals surface area contributed by atoms with Crippen LogP contribution in [0.4, 0.5) is 4.39 Å². The minimum atomic E-state index is -1.08. The minimum absolute atomic E-state index is 0.00329. The molecular weight excluding hydrogens is 353 g/mol. The summed E-state index contributed by atoms with van der Waals surface area (Å²) in [5, 5.41) is 13.8. The number of carbonyl (C=O) groups is 2. The van der Waals surface area contributed by atoms with Crippen molar-refractivity contribution in [3.8, 4) is 5.69 Å². The Kier molecular flexibility index (Phi) is 4.43. The highest BCUT2D eigenvalue weighted by atomic mass is 19.1.